The number of aliphatic hydroxyl groups is 1. The van der Waals surface area contributed by atoms with Crippen molar-refractivity contribution in [1.82, 2.24) is 0 Å². The van der Waals surface area contributed by atoms with E-state index < -0.39 is 0 Å². The van der Waals surface area contributed by atoms with Crippen molar-refractivity contribution >= 4 is 11.8 Å². The summed E-state index contributed by atoms with van der Waals surface area (Å²) < 4.78 is 0. The lowest BCUT2D eigenvalue weighted by Gasteiger charge is -1.99. The lowest BCUT2D eigenvalue weighted by Crippen LogP contribution is -1.85. The van der Waals surface area contributed by atoms with E-state index in [1.165, 1.54) is 44.5 Å². The van der Waals surface area contributed by atoms with Gasteiger partial charge in [-0.15, -0.1) is 0 Å². The fourth-order valence-corrected chi connectivity index (χ4v) is 1.93. The Morgan fingerprint density at radius 3 is 2.50 bits per heavy atom. The SMILES string of the molecule is CCCCCCCSCC[CH]O. The van der Waals surface area contributed by atoms with Crippen LogP contribution in [0.4, 0.5) is 0 Å². The molecule has 12 heavy (non-hydrogen) atoms. The summed E-state index contributed by atoms with van der Waals surface area (Å²) in [6.07, 6.45) is 7.66. The molecule has 0 aromatic carbocycles. The van der Waals surface area contributed by atoms with E-state index in [1.54, 1.807) is 0 Å². The molecular weight excluding hydrogens is 168 g/mol. The largest absolute Gasteiger partial charge is 0.390 e. The normalized spacial score (nSPS) is 10.5. The molecule has 0 atom stereocenters. The zero-order valence-corrected chi connectivity index (χ0v) is 8.91. The molecule has 1 N–H and O–H groups in total. The van der Waals surface area contributed by atoms with Gasteiger partial charge < -0.3 is 5.11 Å². The van der Waals surface area contributed by atoms with Gasteiger partial charge in [0.1, 0.15) is 0 Å². The molecule has 0 heterocycles. The standard InChI is InChI=1S/C10H21OS/c1-2-3-4-5-6-9-12-10-7-8-11/h8,11H,2-7,9-10H2,1H3. The summed E-state index contributed by atoms with van der Waals surface area (Å²) in [7, 11) is 0. The van der Waals surface area contributed by atoms with Crippen LogP contribution in [0.3, 0.4) is 0 Å². The molecule has 0 aromatic rings. The molecule has 0 unspecified atom stereocenters. The van der Waals surface area contributed by atoms with Gasteiger partial charge >= 0.3 is 0 Å². The van der Waals surface area contributed by atoms with Gasteiger partial charge in [0.15, 0.2) is 0 Å². The second-order valence-electron chi connectivity index (χ2n) is 3.00. The molecule has 2 heteroatoms. The van der Waals surface area contributed by atoms with E-state index in [2.05, 4.69) is 6.92 Å². The maximum Gasteiger partial charge on any atom is 0.0807 e. The zero-order chi connectivity index (χ0) is 9.07. The van der Waals surface area contributed by atoms with E-state index in [0.717, 1.165) is 12.2 Å². The summed E-state index contributed by atoms with van der Waals surface area (Å²) in [4.78, 5) is 0. The fourth-order valence-electron chi connectivity index (χ4n) is 1.05. The van der Waals surface area contributed by atoms with Crippen LogP contribution in [-0.4, -0.2) is 16.6 Å². The van der Waals surface area contributed by atoms with Gasteiger partial charge in [-0.05, 0) is 24.3 Å². The Morgan fingerprint density at radius 2 is 1.83 bits per heavy atom. The van der Waals surface area contributed by atoms with Gasteiger partial charge in [-0.25, -0.2) is 0 Å². The molecule has 0 spiro atoms. The Balaban J connectivity index is 2.73. The van der Waals surface area contributed by atoms with Crippen LogP contribution >= 0.6 is 11.8 Å². The molecular formula is C10H21OS. The second-order valence-corrected chi connectivity index (χ2v) is 4.22. The highest BCUT2D eigenvalue weighted by Crippen LogP contribution is 2.09. The van der Waals surface area contributed by atoms with Crippen molar-refractivity contribution in [3.63, 3.8) is 0 Å². The predicted molar refractivity (Wildman–Crippen MR) is 56.9 cm³/mol. The molecule has 0 bridgehead atoms. The molecule has 0 aliphatic carbocycles. The number of hydrogen-bond acceptors (Lipinski definition) is 2. The minimum absolute atomic E-state index is 0.833. The summed E-state index contributed by atoms with van der Waals surface area (Å²) in [5, 5.41) is 8.40. The van der Waals surface area contributed by atoms with Crippen molar-refractivity contribution in [3.05, 3.63) is 6.61 Å². The van der Waals surface area contributed by atoms with Crippen molar-refractivity contribution < 1.29 is 5.11 Å². The van der Waals surface area contributed by atoms with Crippen LogP contribution in [-0.2, 0) is 0 Å². The van der Waals surface area contributed by atoms with Crippen LogP contribution < -0.4 is 0 Å². The number of hydrogen-bond donors (Lipinski definition) is 1. The van der Waals surface area contributed by atoms with Gasteiger partial charge in [-0.1, -0.05) is 32.6 Å². The molecule has 0 aliphatic rings. The van der Waals surface area contributed by atoms with Gasteiger partial charge in [-0.2, -0.15) is 11.8 Å². The maximum atomic E-state index is 8.40. The van der Waals surface area contributed by atoms with Crippen molar-refractivity contribution in [3.8, 4) is 0 Å². The number of unbranched alkanes of at least 4 members (excludes halogenated alkanes) is 4. The Bertz CT molecular complexity index is 66.2. The first-order valence-electron chi connectivity index (χ1n) is 4.95. The van der Waals surface area contributed by atoms with E-state index in [0.29, 0.717) is 0 Å². The van der Waals surface area contributed by atoms with Gasteiger partial charge in [0.2, 0.25) is 0 Å². The maximum absolute atomic E-state index is 8.40. The summed E-state index contributed by atoms with van der Waals surface area (Å²) in [5.74, 6) is 2.34. The third kappa shape index (κ3) is 10.3. The van der Waals surface area contributed by atoms with E-state index in [9.17, 15) is 0 Å². The van der Waals surface area contributed by atoms with Gasteiger partial charge in [0.25, 0.3) is 0 Å². The van der Waals surface area contributed by atoms with E-state index in [1.807, 2.05) is 11.8 Å². The van der Waals surface area contributed by atoms with Crippen LogP contribution in [0.2, 0.25) is 0 Å². The topological polar surface area (TPSA) is 20.2 Å². The third-order valence-electron chi connectivity index (χ3n) is 1.78. The summed E-state index contributed by atoms with van der Waals surface area (Å²) in [5.41, 5.74) is 0. The monoisotopic (exact) mass is 189 g/mol. The first-order chi connectivity index (χ1) is 5.91. The van der Waals surface area contributed by atoms with Crippen LogP contribution in [0.1, 0.15) is 45.4 Å². The number of aliphatic hydroxyl groups excluding tert-OH is 1. The third-order valence-corrected chi connectivity index (χ3v) is 2.89. The summed E-state index contributed by atoms with van der Waals surface area (Å²) >= 11 is 1.94. The van der Waals surface area contributed by atoms with Gasteiger partial charge in [0, 0.05) is 0 Å². The Morgan fingerprint density at radius 1 is 1.08 bits per heavy atom. The number of thioether (sulfide) groups is 1. The average molecular weight is 189 g/mol. The highest BCUT2D eigenvalue weighted by molar-refractivity contribution is 7.99. The molecule has 0 fully saturated rings. The van der Waals surface area contributed by atoms with Crippen molar-refractivity contribution in [2.24, 2.45) is 0 Å². The van der Waals surface area contributed by atoms with Gasteiger partial charge in [-0.3, -0.25) is 0 Å². The summed E-state index contributed by atoms with van der Waals surface area (Å²) in [6, 6.07) is 0. The fraction of sp³-hybridized carbons (Fsp3) is 0.900. The Kier molecular flexibility index (Phi) is 11.6. The van der Waals surface area contributed by atoms with E-state index in [-0.39, 0.29) is 0 Å². The predicted octanol–water partition coefficient (Wildman–Crippen LogP) is 3.61. The molecule has 0 amide bonds. The molecule has 0 aliphatic heterocycles. The molecule has 1 nitrogen and oxygen atoms in total. The average Bonchev–Trinajstić information content (AvgIpc) is 2.10. The quantitative estimate of drug-likeness (QED) is 0.559. The summed E-state index contributed by atoms with van der Waals surface area (Å²) in [6.45, 7) is 3.50. The lowest BCUT2D eigenvalue weighted by molar-refractivity contribution is 0.382. The molecule has 0 aromatic heterocycles. The molecule has 1 radical (unpaired) electrons. The Hall–Kier alpha value is 0.310. The van der Waals surface area contributed by atoms with Crippen molar-refractivity contribution in [1.29, 1.82) is 0 Å². The highest BCUT2D eigenvalue weighted by Gasteiger charge is 1.90. The lowest BCUT2D eigenvalue weighted by atomic mass is 10.2. The molecule has 73 valence electrons. The smallest absolute Gasteiger partial charge is 0.0807 e. The highest BCUT2D eigenvalue weighted by atomic mass is 32.2. The minimum atomic E-state index is 0.833. The van der Waals surface area contributed by atoms with Crippen LogP contribution in [0, 0.1) is 6.61 Å². The number of rotatable bonds is 9. The van der Waals surface area contributed by atoms with Crippen LogP contribution in [0.5, 0.6) is 0 Å². The molecule has 0 saturated heterocycles. The molecule has 0 rings (SSSR count). The van der Waals surface area contributed by atoms with Crippen molar-refractivity contribution in [2.45, 2.75) is 45.4 Å². The zero-order valence-electron chi connectivity index (χ0n) is 8.09. The van der Waals surface area contributed by atoms with Gasteiger partial charge in [0.05, 0.1) is 6.61 Å². The van der Waals surface area contributed by atoms with E-state index >= 15 is 0 Å². The van der Waals surface area contributed by atoms with Crippen molar-refractivity contribution in [2.75, 3.05) is 11.5 Å². The van der Waals surface area contributed by atoms with Crippen LogP contribution in [0.25, 0.3) is 0 Å². The van der Waals surface area contributed by atoms with E-state index in [4.69, 9.17) is 5.11 Å². The Labute approximate surface area is 80.9 Å². The first kappa shape index (κ1) is 12.3. The first-order valence-corrected chi connectivity index (χ1v) is 6.11. The van der Waals surface area contributed by atoms with Crippen LogP contribution in [0.15, 0.2) is 0 Å². The second kappa shape index (κ2) is 11.3. The minimum Gasteiger partial charge on any atom is -0.390 e. The molecule has 0 saturated carbocycles.